The van der Waals surface area contributed by atoms with E-state index in [2.05, 4.69) is 33.9 Å². The smallest absolute Gasteiger partial charge is 0.249 e. The predicted molar refractivity (Wildman–Crippen MR) is 124 cm³/mol. The lowest BCUT2D eigenvalue weighted by atomic mass is 9.90. The molecular formula is C23H38N6O2. The molecule has 172 valence electrons. The van der Waals surface area contributed by atoms with Gasteiger partial charge in [0.1, 0.15) is 11.7 Å². The summed E-state index contributed by atoms with van der Waals surface area (Å²) in [6.07, 6.45) is 9.52. The number of aliphatic hydroxyl groups excluding tert-OH is 1. The SMILES string of the molecule is CC[C@@H]1C(=O)N(C)c2cnc(N[C@@H](C)C3CCN(CCO)CC3)nc2N1C1CCCC1. The average molecular weight is 431 g/mol. The third kappa shape index (κ3) is 4.51. The molecule has 3 aliphatic rings. The first kappa shape index (κ1) is 22.3. The minimum Gasteiger partial charge on any atom is -0.395 e. The summed E-state index contributed by atoms with van der Waals surface area (Å²) in [5.74, 6) is 2.27. The first-order valence-corrected chi connectivity index (χ1v) is 12.1. The Labute approximate surface area is 186 Å². The molecule has 0 radical (unpaired) electrons. The highest BCUT2D eigenvalue weighted by Gasteiger charge is 2.41. The van der Waals surface area contributed by atoms with Gasteiger partial charge in [0.05, 0.1) is 12.8 Å². The predicted octanol–water partition coefficient (Wildman–Crippen LogP) is 2.49. The molecule has 8 nitrogen and oxygen atoms in total. The zero-order valence-electron chi connectivity index (χ0n) is 19.3. The molecule has 4 rings (SSSR count). The van der Waals surface area contributed by atoms with Crippen molar-refractivity contribution in [3.05, 3.63) is 6.20 Å². The molecule has 1 aliphatic carbocycles. The van der Waals surface area contributed by atoms with E-state index in [4.69, 9.17) is 10.1 Å². The van der Waals surface area contributed by atoms with E-state index < -0.39 is 0 Å². The molecule has 1 aromatic rings. The highest BCUT2D eigenvalue weighted by Crippen LogP contribution is 2.40. The van der Waals surface area contributed by atoms with E-state index in [1.54, 1.807) is 4.90 Å². The van der Waals surface area contributed by atoms with E-state index in [0.717, 1.165) is 63.2 Å². The van der Waals surface area contributed by atoms with Crippen LogP contribution < -0.4 is 15.1 Å². The van der Waals surface area contributed by atoms with Crippen LogP contribution >= 0.6 is 0 Å². The number of fused-ring (bicyclic) bond motifs is 1. The van der Waals surface area contributed by atoms with Crippen LogP contribution in [0, 0.1) is 5.92 Å². The first-order chi connectivity index (χ1) is 15.0. The van der Waals surface area contributed by atoms with Crippen molar-refractivity contribution in [2.24, 2.45) is 5.92 Å². The van der Waals surface area contributed by atoms with Crippen LogP contribution in [0.25, 0.3) is 0 Å². The number of β-amino-alcohol motifs (C(OH)–C–C–N with tert-alkyl or cyclic N) is 1. The van der Waals surface area contributed by atoms with Crippen LogP contribution in [0.5, 0.6) is 0 Å². The number of carbonyl (C=O) groups excluding carboxylic acids is 1. The van der Waals surface area contributed by atoms with Gasteiger partial charge in [0.15, 0.2) is 5.82 Å². The molecule has 1 saturated carbocycles. The van der Waals surface area contributed by atoms with Crippen LogP contribution in [0.1, 0.15) is 58.8 Å². The number of likely N-dealkylation sites (tertiary alicyclic amines) is 1. The number of piperidine rings is 1. The summed E-state index contributed by atoms with van der Waals surface area (Å²) in [4.78, 5) is 28.9. The molecule has 1 amide bonds. The van der Waals surface area contributed by atoms with Gasteiger partial charge in [-0.05, 0) is 58.0 Å². The number of amides is 1. The Bertz CT molecular complexity index is 760. The first-order valence-electron chi connectivity index (χ1n) is 12.1. The van der Waals surface area contributed by atoms with E-state index in [1.807, 2.05) is 13.2 Å². The Hall–Kier alpha value is -1.93. The van der Waals surface area contributed by atoms with Gasteiger partial charge in [-0.3, -0.25) is 4.79 Å². The Morgan fingerprint density at radius 2 is 1.94 bits per heavy atom. The number of hydrogen-bond acceptors (Lipinski definition) is 7. The van der Waals surface area contributed by atoms with Crippen molar-refractivity contribution >= 4 is 23.4 Å². The highest BCUT2D eigenvalue weighted by atomic mass is 16.3. The minimum atomic E-state index is -0.142. The number of anilines is 3. The summed E-state index contributed by atoms with van der Waals surface area (Å²) >= 11 is 0. The summed E-state index contributed by atoms with van der Waals surface area (Å²) in [7, 11) is 1.84. The highest BCUT2D eigenvalue weighted by molar-refractivity contribution is 6.04. The van der Waals surface area contributed by atoms with Gasteiger partial charge >= 0.3 is 0 Å². The largest absolute Gasteiger partial charge is 0.395 e. The maximum atomic E-state index is 13.0. The number of nitrogens with one attached hydrogen (secondary N) is 1. The Morgan fingerprint density at radius 3 is 2.58 bits per heavy atom. The van der Waals surface area contributed by atoms with E-state index in [0.29, 0.717) is 17.9 Å². The number of carbonyl (C=O) groups is 1. The number of aromatic nitrogens is 2. The lowest BCUT2D eigenvalue weighted by Crippen LogP contribution is -2.55. The van der Waals surface area contributed by atoms with Crippen molar-refractivity contribution in [2.75, 3.05) is 48.4 Å². The third-order valence-electron chi connectivity index (χ3n) is 7.52. The molecule has 2 aliphatic heterocycles. The van der Waals surface area contributed by atoms with Gasteiger partial charge in [-0.25, -0.2) is 4.98 Å². The molecule has 3 heterocycles. The molecular weight excluding hydrogens is 392 g/mol. The quantitative estimate of drug-likeness (QED) is 0.687. The van der Waals surface area contributed by atoms with E-state index in [1.165, 1.54) is 12.8 Å². The summed E-state index contributed by atoms with van der Waals surface area (Å²) in [6, 6.07) is 0.521. The van der Waals surface area contributed by atoms with Gasteiger partial charge in [0.2, 0.25) is 11.9 Å². The van der Waals surface area contributed by atoms with Gasteiger partial charge in [0.25, 0.3) is 0 Å². The molecule has 2 atom stereocenters. The van der Waals surface area contributed by atoms with Crippen molar-refractivity contribution in [1.82, 2.24) is 14.9 Å². The zero-order valence-corrected chi connectivity index (χ0v) is 19.3. The Kier molecular flexibility index (Phi) is 6.96. The fourth-order valence-corrected chi connectivity index (χ4v) is 5.59. The fourth-order valence-electron chi connectivity index (χ4n) is 5.59. The molecule has 31 heavy (non-hydrogen) atoms. The number of aliphatic hydroxyl groups is 1. The van der Waals surface area contributed by atoms with Crippen LogP contribution in [-0.4, -0.2) is 77.3 Å². The summed E-state index contributed by atoms with van der Waals surface area (Å²) < 4.78 is 0. The normalized spacial score (nSPS) is 24.5. The van der Waals surface area contributed by atoms with Crippen molar-refractivity contribution in [1.29, 1.82) is 0 Å². The summed E-state index contributed by atoms with van der Waals surface area (Å²) in [5, 5.41) is 12.7. The van der Waals surface area contributed by atoms with Gasteiger partial charge in [-0.2, -0.15) is 4.98 Å². The zero-order chi connectivity index (χ0) is 22.0. The molecule has 0 aromatic carbocycles. The van der Waals surface area contributed by atoms with Crippen molar-refractivity contribution in [2.45, 2.75) is 76.9 Å². The van der Waals surface area contributed by atoms with Gasteiger partial charge < -0.3 is 25.1 Å². The monoisotopic (exact) mass is 430 g/mol. The molecule has 0 bridgehead atoms. The fraction of sp³-hybridized carbons (Fsp3) is 0.783. The van der Waals surface area contributed by atoms with Crippen LogP contribution in [0.3, 0.4) is 0 Å². The maximum Gasteiger partial charge on any atom is 0.249 e. The second kappa shape index (κ2) is 9.69. The van der Waals surface area contributed by atoms with Crippen LogP contribution in [0.2, 0.25) is 0 Å². The molecule has 1 saturated heterocycles. The van der Waals surface area contributed by atoms with E-state index in [-0.39, 0.29) is 24.6 Å². The second-order valence-corrected chi connectivity index (χ2v) is 9.40. The van der Waals surface area contributed by atoms with Crippen molar-refractivity contribution < 1.29 is 9.90 Å². The molecule has 2 fully saturated rings. The van der Waals surface area contributed by atoms with E-state index in [9.17, 15) is 4.79 Å². The lowest BCUT2D eigenvalue weighted by molar-refractivity contribution is -0.120. The number of rotatable bonds is 7. The number of hydrogen-bond donors (Lipinski definition) is 2. The lowest BCUT2D eigenvalue weighted by Gasteiger charge is -2.43. The summed E-state index contributed by atoms with van der Waals surface area (Å²) in [5.41, 5.74) is 0.817. The van der Waals surface area contributed by atoms with Crippen LogP contribution in [-0.2, 0) is 4.79 Å². The van der Waals surface area contributed by atoms with E-state index >= 15 is 0 Å². The Morgan fingerprint density at radius 1 is 1.23 bits per heavy atom. The number of likely N-dealkylation sites (N-methyl/N-ethyl adjacent to an activating group) is 1. The topological polar surface area (TPSA) is 84.8 Å². The van der Waals surface area contributed by atoms with Gasteiger partial charge in [0, 0.05) is 25.7 Å². The second-order valence-electron chi connectivity index (χ2n) is 9.40. The summed E-state index contributed by atoms with van der Waals surface area (Å²) in [6.45, 7) is 7.37. The van der Waals surface area contributed by atoms with Crippen LogP contribution in [0.4, 0.5) is 17.5 Å². The van der Waals surface area contributed by atoms with Crippen molar-refractivity contribution in [3.63, 3.8) is 0 Å². The molecule has 0 unspecified atom stereocenters. The van der Waals surface area contributed by atoms with Gasteiger partial charge in [-0.1, -0.05) is 19.8 Å². The average Bonchev–Trinajstić information content (AvgIpc) is 3.31. The van der Waals surface area contributed by atoms with Crippen molar-refractivity contribution in [3.8, 4) is 0 Å². The molecule has 1 aromatic heterocycles. The molecule has 0 spiro atoms. The number of nitrogens with zero attached hydrogens (tertiary/aromatic N) is 5. The maximum absolute atomic E-state index is 13.0. The van der Waals surface area contributed by atoms with Gasteiger partial charge in [-0.15, -0.1) is 0 Å². The molecule has 2 N–H and O–H groups in total. The third-order valence-corrected chi connectivity index (χ3v) is 7.52. The van der Waals surface area contributed by atoms with Crippen LogP contribution in [0.15, 0.2) is 6.20 Å². The minimum absolute atomic E-state index is 0.142. The standard InChI is InChI=1S/C23H38N6O2/c1-4-19-22(31)27(3)20-15-24-23(26-21(20)29(19)18-7-5-6-8-18)25-16(2)17-9-11-28(12-10-17)13-14-30/h15-19,30H,4-14H2,1-3H3,(H,24,25,26)/t16-,19+/m0/s1. The Balaban J connectivity index is 1.52. The molecule has 8 heteroatoms.